The summed E-state index contributed by atoms with van der Waals surface area (Å²) in [6.07, 6.45) is -0.0441. The van der Waals surface area contributed by atoms with Crippen molar-refractivity contribution >= 4 is 26.8 Å². The maximum atomic E-state index is 11.4. The fourth-order valence-corrected chi connectivity index (χ4v) is 2.08. The fourth-order valence-electron chi connectivity index (χ4n) is 0.982. The van der Waals surface area contributed by atoms with E-state index in [0.29, 0.717) is 15.0 Å². The quantitative estimate of drug-likeness (QED) is 0.412. The zero-order valence-electron chi connectivity index (χ0n) is 9.43. The number of aliphatic carboxylic acids is 1. The van der Waals surface area contributed by atoms with Crippen LogP contribution >= 0.6 is 0 Å². The molecular weight excluding hydrogens is 279 g/mol. The van der Waals surface area contributed by atoms with Gasteiger partial charge in [0.1, 0.15) is 0 Å². The van der Waals surface area contributed by atoms with Crippen LogP contribution in [0.4, 0.5) is 0 Å². The van der Waals surface area contributed by atoms with Crippen molar-refractivity contribution < 1.29 is 19.4 Å². The number of carboxylic acids is 1. The van der Waals surface area contributed by atoms with Gasteiger partial charge in [0.15, 0.2) is 0 Å². The number of ether oxygens (including phenoxy) is 1. The van der Waals surface area contributed by atoms with Crippen LogP contribution in [-0.4, -0.2) is 51.3 Å². The molecule has 4 N–H and O–H groups in total. The number of nitrogens with one attached hydrogen (secondary N) is 1. The summed E-state index contributed by atoms with van der Waals surface area (Å²) in [4.78, 5) is 21.8. The van der Waals surface area contributed by atoms with Crippen LogP contribution in [0.25, 0.3) is 0 Å². The molecule has 2 unspecified atom stereocenters. The Kier molecular flexibility index (Phi) is 8.19. The average Bonchev–Trinajstić information content (AvgIpc) is 2.24. The van der Waals surface area contributed by atoms with Gasteiger partial charge in [0, 0.05) is 0 Å². The number of hydrogen-bond donors (Lipinski definition) is 3. The fraction of sp³-hybridized carbons (Fsp3) is 0.778. The van der Waals surface area contributed by atoms with Crippen LogP contribution in [0.2, 0.25) is 11.1 Å². The van der Waals surface area contributed by atoms with E-state index in [4.69, 9.17) is 15.6 Å². The predicted octanol–water partition coefficient (Wildman–Crippen LogP) is -0.562. The van der Waals surface area contributed by atoms with Gasteiger partial charge in [0.25, 0.3) is 0 Å². The third-order valence-electron chi connectivity index (χ3n) is 1.92. The molecule has 0 aromatic rings. The van der Waals surface area contributed by atoms with E-state index in [-0.39, 0.29) is 25.0 Å². The van der Waals surface area contributed by atoms with E-state index < -0.39 is 12.0 Å². The number of hydrogen-bond acceptors (Lipinski definition) is 4. The number of nitrogens with two attached hydrogens (primary N) is 1. The molecule has 0 spiro atoms. The van der Waals surface area contributed by atoms with E-state index >= 15 is 0 Å². The molecule has 0 radical (unpaired) electrons. The number of methoxy groups -OCH3 is 1. The normalized spacial score (nSPS) is 14.2. The summed E-state index contributed by atoms with van der Waals surface area (Å²) in [5.41, 5.74) is 5.28. The second kappa shape index (κ2) is 8.52. The molecule has 0 heterocycles. The van der Waals surface area contributed by atoms with Gasteiger partial charge in [0.2, 0.25) is 0 Å². The van der Waals surface area contributed by atoms with Gasteiger partial charge in [-0.05, 0) is 0 Å². The van der Waals surface area contributed by atoms with E-state index in [0.717, 1.165) is 5.32 Å². The van der Waals surface area contributed by atoms with Gasteiger partial charge in [-0.3, -0.25) is 0 Å². The van der Waals surface area contributed by atoms with Crippen molar-refractivity contribution in [1.29, 1.82) is 0 Å². The van der Waals surface area contributed by atoms with E-state index in [1.54, 1.807) is 0 Å². The van der Waals surface area contributed by atoms with Crippen molar-refractivity contribution in [1.82, 2.24) is 5.32 Å². The molecule has 0 saturated heterocycles. The summed E-state index contributed by atoms with van der Waals surface area (Å²) >= 11 is 0.408. The van der Waals surface area contributed by atoms with Crippen LogP contribution in [0, 0.1) is 0 Å². The minimum absolute atomic E-state index is 0.101. The van der Waals surface area contributed by atoms with Crippen molar-refractivity contribution in [3.8, 4) is 0 Å². The maximum absolute atomic E-state index is 11.4. The Balaban J connectivity index is 3.84. The zero-order valence-corrected chi connectivity index (χ0v) is 11.1. The van der Waals surface area contributed by atoms with Gasteiger partial charge in [0.05, 0.1) is 0 Å². The molecule has 0 saturated carbocycles. The van der Waals surface area contributed by atoms with Crippen molar-refractivity contribution in [2.75, 3.05) is 7.11 Å². The van der Waals surface area contributed by atoms with Gasteiger partial charge >= 0.3 is 101 Å². The predicted molar refractivity (Wildman–Crippen MR) is 60.2 cm³/mol. The van der Waals surface area contributed by atoms with Crippen LogP contribution in [0.15, 0.2) is 0 Å². The summed E-state index contributed by atoms with van der Waals surface area (Å²) in [6, 6.07) is -0.984. The van der Waals surface area contributed by atoms with E-state index in [1.807, 2.05) is 5.82 Å². The third-order valence-corrected chi connectivity index (χ3v) is 3.26. The Hall–Kier alpha value is -0.621. The van der Waals surface area contributed by atoms with Gasteiger partial charge in [-0.25, -0.2) is 0 Å². The average molecular weight is 297 g/mol. The van der Waals surface area contributed by atoms with E-state index in [2.05, 4.69) is 5.32 Å². The standard InChI is InChI=1S/C9H18N2O4Se/c1-15-8(5-16-2)11-7(12)4-3-6(10)9(13)14/h6,8H,3-5,10H2,1-2H3,(H,11,12)(H,13,14). The number of carboxylic acid groups (broad SMARTS) is 1. The molecule has 0 aromatic carbocycles. The topological polar surface area (TPSA) is 102 Å². The summed E-state index contributed by atoms with van der Waals surface area (Å²) in [6.45, 7) is 0. The molecule has 16 heavy (non-hydrogen) atoms. The van der Waals surface area contributed by atoms with Crippen LogP contribution in [-0.2, 0) is 14.3 Å². The first-order valence-electron chi connectivity index (χ1n) is 4.80. The Morgan fingerprint density at radius 1 is 1.56 bits per heavy atom. The van der Waals surface area contributed by atoms with Crippen LogP contribution in [0.3, 0.4) is 0 Å². The number of amides is 1. The van der Waals surface area contributed by atoms with E-state index in [9.17, 15) is 9.59 Å². The van der Waals surface area contributed by atoms with Gasteiger partial charge in [-0.2, -0.15) is 0 Å². The Labute approximate surface area is 101 Å². The Bertz CT molecular complexity index is 238. The Morgan fingerprint density at radius 3 is 2.62 bits per heavy atom. The molecule has 2 atom stereocenters. The molecule has 0 aromatic heterocycles. The van der Waals surface area contributed by atoms with Crippen LogP contribution in [0.5, 0.6) is 0 Å². The molecule has 0 rings (SSSR count). The second-order valence-corrected chi connectivity index (χ2v) is 5.14. The molecule has 0 aliphatic rings. The molecular formula is C9H18N2O4Se. The molecule has 0 aliphatic heterocycles. The first-order chi connectivity index (χ1) is 7.51. The SMILES string of the molecule is COC(C[Se]C)NC(=O)CCC(N)C(=O)O. The van der Waals surface area contributed by atoms with Gasteiger partial charge < -0.3 is 0 Å². The first-order valence-corrected chi connectivity index (χ1v) is 7.73. The van der Waals surface area contributed by atoms with Crippen molar-refractivity contribution in [2.24, 2.45) is 5.73 Å². The molecule has 7 heteroatoms. The molecule has 0 fully saturated rings. The summed E-state index contributed by atoms with van der Waals surface area (Å²) in [7, 11) is 1.53. The molecule has 1 amide bonds. The van der Waals surface area contributed by atoms with Crippen molar-refractivity contribution in [3.63, 3.8) is 0 Å². The molecule has 0 bridgehead atoms. The second-order valence-electron chi connectivity index (χ2n) is 3.23. The summed E-state index contributed by atoms with van der Waals surface area (Å²) in [5, 5.41) is 12.0. The van der Waals surface area contributed by atoms with Crippen molar-refractivity contribution in [2.45, 2.75) is 36.3 Å². The zero-order chi connectivity index (χ0) is 12.6. The summed E-state index contributed by atoms with van der Waals surface area (Å²) < 4.78 is 5.05. The summed E-state index contributed by atoms with van der Waals surface area (Å²) in [5.74, 6) is 0.728. The number of carbonyl (C=O) groups is 2. The van der Waals surface area contributed by atoms with E-state index in [1.165, 1.54) is 7.11 Å². The van der Waals surface area contributed by atoms with Gasteiger partial charge in [-0.15, -0.1) is 0 Å². The number of carbonyl (C=O) groups excluding carboxylic acids is 1. The first kappa shape index (κ1) is 15.4. The third kappa shape index (κ3) is 6.79. The molecule has 94 valence electrons. The van der Waals surface area contributed by atoms with Crippen LogP contribution in [0.1, 0.15) is 12.8 Å². The van der Waals surface area contributed by atoms with Crippen molar-refractivity contribution in [3.05, 3.63) is 0 Å². The minimum atomic E-state index is -1.09. The molecule has 6 nitrogen and oxygen atoms in total. The Morgan fingerprint density at radius 2 is 2.19 bits per heavy atom. The number of rotatable bonds is 8. The monoisotopic (exact) mass is 298 g/mol. The van der Waals surface area contributed by atoms with Gasteiger partial charge in [-0.1, -0.05) is 0 Å². The molecule has 0 aliphatic carbocycles. The van der Waals surface area contributed by atoms with Crippen LogP contribution < -0.4 is 11.1 Å².